The van der Waals surface area contributed by atoms with E-state index in [2.05, 4.69) is 26.3 Å². The lowest BCUT2D eigenvalue weighted by Gasteiger charge is -2.26. The predicted molar refractivity (Wildman–Crippen MR) is 170 cm³/mol. The summed E-state index contributed by atoms with van der Waals surface area (Å²) in [5.74, 6) is -8.30. The lowest BCUT2D eigenvalue weighted by atomic mass is 10.0. The van der Waals surface area contributed by atoms with Gasteiger partial charge in [-0.05, 0) is 29.3 Å². The van der Waals surface area contributed by atoms with Crippen LogP contribution in [-0.2, 0) is 46.4 Å². The second-order valence-electron chi connectivity index (χ2n) is 11.1. The van der Waals surface area contributed by atoms with E-state index in [-0.39, 0.29) is 18.6 Å². The summed E-state index contributed by atoms with van der Waals surface area (Å²) in [4.78, 5) is 90.8. The van der Waals surface area contributed by atoms with Gasteiger partial charge in [-0.15, -0.1) is 0 Å². The molecule has 18 heteroatoms. The minimum Gasteiger partial charge on any atom is -0.508 e. The molecule has 49 heavy (non-hydrogen) atoms. The van der Waals surface area contributed by atoms with E-state index >= 15 is 0 Å². The van der Waals surface area contributed by atoms with Crippen LogP contribution >= 0.6 is 0 Å². The minimum atomic E-state index is -1.74. The van der Waals surface area contributed by atoms with Crippen molar-refractivity contribution < 1.29 is 54.0 Å². The van der Waals surface area contributed by atoms with Crippen molar-refractivity contribution in [3.05, 3.63) is 65.9 Å². The molecule has 0 aliphatic carbocycles. The molecule has 0 spiro atoms. The summed E-state index contributed by atoms with van der Waals surface area (Å²) in [5, 5.41) is 47.7. The molecule has 3 rings (SSSR count). The van der Waals surface area contributed by atoms with Crippen molar-refractivity contribution in [3.63, 3.8) is 0 Å². The first-order chi connectivity index (χ1) is 23.2. The van der Waals surface area contributed by atoms with E-state index in [0.717, 1.165) is 0 Å². The SMILES string of the molecule is NC(=O)C[C@H](NC(=O)[C@H](Cc1c[nH]c2ccccc12)NC(=O)[C@H](Cc1ccc(O)cc1)NC(=O)[C@H](CC(=O)O)NC(=O)[C@@H](N)CO)C(=O)O. The second-order valence-corrected chi connectivity index (χ2v) is 11.1. The van der Waals surface area contributed by atoms with Gasteiger partial charge in [0.25, 0.3) is 0 Å². The zero-order valence-electron chi connectivity index (χ0n) is 25.9. The topological polar surface area (TPSA) is 316 Å². The highest BCUT2D eigenvalue weighted by Crippen LogP contribution is 2.20. The number of aromatic hydroxyl groups is 1. The largest absolute Gasteiger partial charge is 0.508 e. The number of rotatable bonds is 18. The quantitative estimate of drug-likeness (QED) is 0.0655. The summed E-state index contributed by atoms with van der Waals surface area (Å²) in [6.45, 7) is -0.804. The first kappa shape index (κ1) is 37.4. The smallest absolute Gasteiger partial charge is 0.326 e. The average Bonchev–Trinajstić information content (AvgIpc) is 3.46. The van der Waals surface area contributed by atoms with Crippen LogP contribution in [0.25, 0.3) is 10.9 Å². The molecular formula is C31H37N7O11. The number of carboxylic acids is 2. The molecule has 5 atom stereocenters. The van der Waals surface area contributed by atoms with E-state index in [1.165, 1.54) is 24.3 Å². The average molecular weight is 684 g/mol. The number of phenols is 1. The van der Waals surface area contributed by atoms with Crippen LogP contribution in [0.2, 0.25) is 0 Å². The van der Waals surface area contributed by atoms with Gasteiger partial charge in [-0.2, -0.15) is 0 Å². The molecule has 0 bridgehead atoms. The number of aromatic amines is 1. The van der Waals surface area contributed by atoms with Crippen molar-refractivity contribution >= 4 is 52.4 Å². The molecule has 0 saturated heterocycles. The number of H-pyrrole nitrogens is 1. The van der Waals surface area contributed by atoms with Crippen molar-refractivity contribution in [3.8, 4) is 5.75 Å². The van der Waals surface area contributed by atoms with E-state index in [4.69, 9.17) is 11.5 Å². The summed E-state index contributed by atoms with van der Waals surface area (Å²) in [7, 11) is 0. The number of nitrogens with one attached hydrogen (secondary N) is 5. The molecule has 262 valence electrons. The number of fused-ring (bicyclic) bond motifs is 1. The van der Waals surface area contributed by atoms with Crippen LogP contribution in [0, 0.1) is 0 Å². The number of carbonyl (C=O) groups is 7. The Labute approximate surface area is 278 Å². The third-order valence-electron chi connectivity index (χ3n) is 7.31. The third-order valence-corrected chi connectivity index (χ3v) is 7.31. The first-order valence-corrected chi connectivity index (χ1v) is 14.8. The summed E-state index contributed by atoms with van der Waals surface area (Å²) in [6, 6.07) is 4.56. The Balaban J connectivity index is 1.96. The predicted octanol–water partition coefficient (Wildman–Crippen LogP) is -2.65. The number of aliphatic carboxylic acids is 2. The lowest BCUT2D eigenvalue weighted by molar-refractivity contribution is -0.143. The number of hydrogen-bond donors (Lipinski definition) is 11. The molecule has 0 aliphatic heterocycles. The van der Waals surface area contributed by atoms with Crippen LogP contribution in [0.15, 0.2) is 54.7 Å². The fraction of sp³-hybridized carbons (Fsp3) is 0.323. The van der Waals surface area contributed by atoms with Crippen molar-refractivity contribution in [2.24, 2.45) is 11.5 Å². The maximum atomic E-state index is 13.9. The number of hydrogen-bond acceptors (Lipinski definition) is 10. The molecule has 1 heterocycles. The van der Waals surface area contributed by atoms with Crippen molar-refractivity contribution in [2.45, 2.75) is 55.9 Å². The number of para-hydroxylation sites is 1. The summed E-state index contributed by atoms with van der Waals surface area (Å²) < 4.78 is 0. The normalized spacial score (nSPS) is 14.0. The van der Waals surface area contributed by atoms with Crippen LogP contribution in [0.5, 0.6) is 5.75 Å². The van der Waals surface area contributed by atoms with Crippen LogP contribution in [-0.4, -0.2) is 104 Å². The Morgan fingerprint density at radius 2 is 1.27 bits per heavy atom. The number of aliphatic hydroxyl groups excluding tert-OH is 1. The zero-order chi connectivity index (χ0) is 36.2. The number of phenolic OH excluding ortho intramolecular Hbond substituents is 1. The highest BCUT2D eigenvalue weighted by molar-refractivity contribution is 5.97. The molecule has 5 amide bonds. The van der Waals surface area contributed by atoms with E-state index in [9.17, 15) is 54.0 Å². The number of carbonyl (C=O) groups excluding carboxylic acids is 5. The second kappa shape index (κ2) is 17.2. The Bertz CT molecular complexity index is 1690. The molecule has 13 N–H and O–H groups in total. The van der Waals surface area contributed by atoms with Crippen LogP contribution in [0.1, 0.15) is 24.0 Å². The van der Waals surface area contributed by atoms with Gasteiger partial charge in [0, 0.05) is 29.9 Å². The number of carboxylic acid groups (broad SMARTS) is 2. The monoisotopic (exact) mass is 683 g/mol. The number of primary amides is 1. The fourth-order valence-corrected chi connectivity index (χ4v) is 4.77. The molecule has 0 aliphatic rings. The Morgan fingerprint density at radius 3 is 1.84 bits per heavy atom. The molecule has 0 saturated carbocycles. The van der Waals surface area contributed by atoms with Gasteiger partial charge in [-0.1, -0.05) is 30.3 Å². The number of aromatic nitrogens is 1. The van der Waals surface area contributed by atoms with Crippen LogP contribution in [0.4, 0.5) is 0 Å². The van der Waals surface area contributed by atoms with E-state index in [1.54, 1.807) is 30.5 Å². The van der Waals surface area contributed by atoms with Gasteiger partial charge < -0.3 is 58.1 Å². The Morgan fingerprint density at radius 1 is 0.714 bits per heavy atom. The number of amides is 5. The highest BCUT2D eigenvalue weighted by Gasteiger charge is 2.33. The number of nitrogens with two attached hydrogens (primary N) is 2. The summed E-state index contributed by atoms with van der Waals surface area (Å²) >= 11 is 0. The molecule has 3 aromatic rings. The fourth-order valence-electron chi connectivity index (χ4n) is 4.77. The van der Waals surface area contributed by atoms with Crippen molar-refractivity contribution in [2.75, 3.05) is 6.61 Å². The molecular weight excluding hydrogens is 646 g/mol. The summed E-state index contributed by atoms with van der Waals surface area (Å²) in [5.41, 5.74) is 12.3. The van der Waals surface area contributed by atoms with Gasteiger partial charge >= 0.3 is 11.9 Å². The molecule has 18 nitrogen and oxygen atoms in total. The molecule has 0 fully saturated rings. The van der Waals surface area contributed by atoms with Gasteiger partial charge in [0.05, 0.1) is 19.4 Å². The lowest BCUT2D eigenvalue weighted by Crippen LogP contribution is -2.59. The first-order valence-electron chi connectivity index (χ1n) is 14.8. The van der Waals surface area contributed by atoms with Gasteiger partial charge in [-0.3, -0.25) is 28.8 Å². The Kier molecular flexibility index (Phi) is 13.2. The third kappa shape index (κ3) is 11.0. The van der Waals surface area contributed by atoms with E-state index in [0.29, 0.717) is 22.0 Å². The van der Waals surface area contributed by atoms with Gasteiger partial charge in [0.1, 0.15) is 36.0 Å². The summed E-state index contributed by atoms with van der Waals surface area (Å²) in [6.07, 6.45) is -0.541. The van der Waals surface area contributed by atoms with Crippen molar-refractivity contribution in [1.82, 2.24) is 26.3 Å². The van der Waals surface area contributed by atoms with E-state index < -0.39 is 91.1 Å². The highest BCUT2D eigenvalue weighted by atomic mass is 16.4. The number of benzene rings is 2. The van der Waals surface area contributed by atoms with Gasteiger partial charge in [0.2, 0.25) is 29.5 Å². The van der Waals surface area contributed by atoms with Gasteiger partial charge in [0.15, 0.2) is 0 Å². The van der Waals surface area contributed by atoms with Crippen LogP contribution < -0.4 is 32.7 Å². The number of aliphatic hydroxyl groups is 1. The van der Waals surface area contributed by atoms with E-state index in [1.807, 2.05) is 0 Å². The van der Waals surface area contributed by atoms with Gasteiger partial charge in [-0.25, -0.2) is 4.79 Å². The molecule has 0 unspecified atom stereocenters. The molecule has 2 aromatic carbocycles. The maximum absolute atomic E-state index is 13.9. The molecule has 1 aromatic heterocycles. The minimum absolute atomic E-state index is 0.0994. The molecule has 0 radical (unpaired) electrons. The zero-order valence-corrected chi connectivity index (χ0v) is 25.9. The van der Waals surface area contributed by atoms with Crippen molar-refractivity contribution in [1.29, 1.82) is 0 Å². The van der Waals surface area contributed by atoms with Crippen LogP contribution in [0.3, 0.4) is 0 Å². The Hall–Kier alpha value is -6.01. The maximum Gasteiger partial charge on any atom is 0.326 e. The standard InChI is InChI=1S/C31H37N7O11/c32-19(14-39)27(44)35-23(12-26(42)43)30(47)36-21(9-15-5-7-17(40)8-6-15)28(45)37-22(29(46)38-24(31(48)49)11-25(33)41)10-16-13-34-20-4-2-1-3-18(16)20/h1-8,13,19,21-24,34,39-40H,9-12,14,32H2,(H2,33,41)(H,35,44)(H,36,47)(H,37,45)(H,38,46)(H,42,43)(H,48,49)/t19-,21-,22-,23-,24-/m0/s1.